The number of carbonyl (C=O) groups is 2. The summed E-state index contributed by atoms with van der Waals surface area (Å²) in [5, 5.41) is 25.5. The number of hydroxylamine groups is 4. The van der Waals surface area contributed by atoms with Crippen LogP contribution in [0.25, 0.3) is 0 Å². The van der Waals surface area contributed by atoms with Gasteiger partial charge in [-0.15, -0.1) is 5.01 Å². The molecule has 0 aromatic rings. The molecule has 2 amide bonds. The number of hydrogen-bond acceptors (Lipinski definition) is 6. The van der Waals surface area contributed by atoms with E-state index in [1.807, 2.05) is 0 Å². The molecule has 0 radical (unpaired) electrons. The van der Waals surface area contributed by atoms with Crippen LogP contribution >= 0.6 is 0 Å². The normalized spacial score (nSPS) is 10.5. The van der Waals surface area contributed by atoms with Crippen molar-refractivity contribution in [2.24, 2.45) is 5.28 Å². The Balaban J connectivity index is -0.00000200. The third-order valence-corrected chi connectivity index (χ3v) is 2.30. The van der Waals surface area contributed by atoms with Crippen molar-refractivity contribution in [1.82, 2.24) is 15.1 Å². The zero-order valence-electron chi connectivity index (χ0n) is 14.1. The molecule has 0 atom stereocenters. The number of hydrazine groups is 1. The summed E-state index contributed by atoms with van der Waals surface area (Å²) < 4.78 is 0. The Hall–Kier alpha value is -1.14. The van der Waals surface area contributed by atoms with Crippen LogP contribution in [0.2, 0.25) is 0 Å². The van der Waals surface area contributed by atoms with Crippen LogP contribution in [0.15, 0.2) is 5.28 Å². The molecule has 11 nitrogen and oxygen atoms in total. The first-order chi connectivity index (χ1) is 10.1. The second kappa shape index (κ2) is 14.8. The molecule has 0 unspecified atom stereocenters. The standard InChI is InChI=1S/C10H21N5O6.Na.H/c1-3-20-13(9-16)7-5-12(15(19)11-18)6-8-14(10-17)21-4-2;;/h9-10,18H,3-8H2,1-2H3;;/q;+1;-1. The maximum absolute atomic E-state index is 11.4. The van der Waals surface area contributed by atoms with Crippen molar-refractivity contribution in [3.63, 3.8) is 0 Å². The second-order valence-corrected chi connectivity index (χ2v) is 3.62. The van der Waals surface area contributed by atoms with E-state index in [-0.39, 0.29) is 62.1 Å². The van der Waals surface area contributed by atoms with E-state index in [1.165, 1.54) is 0 Å². The molecule has 12 heteroatoms. The molecule has 0 bridgehead atoms. The van der Waals surface area contributed by atoms with Gasteiger partial charge in [0.15, 0.2) is 0 Å². The van der Waals surface area contributed by atoms with Gasteiger partial charge < -0.3 is 11.8 Å². The smallest absolute Gasteiger partial charge is 1.00 e. The summed E-state index contributed by atoms with van der Waals surface area (Å²) in [6, 6.07) is 0. The first-order valence-corrected chi connectivity index (χ1v) is 6.39. The molecule has 0 saturated heterocycles. The molecule has 0 aliphatic rings. The van der Waals surface area contributed by atoms with Crippen LogP contribution in [0, 0.1) is 5.21 Å². The maximum Gasteiger partial charge on any atom is 1.00 e. The monoisotopic (exact) mass is 331 g/mol. The Labute approximate surface area is 152 Å². The fourth-order valence-corrected chi connectivity index (χ4v) is 1.39. The minimum absolute atomic E-state index is 0. The fraction of sp³-hybridized carbons (Fsp3) is 0.800. The number of rotatable bonds is 13. The van der Waals surface area contributed by atoms with Crippen molar-refractivity contribution in [2.75, 3.05) is 39.4 Å². The van der Waals surface area contributed by atoms with Crippen LogP contribution in [0.1, 0.15) is 15.3 Å². The summed E-state index contributed by atoms with van der Waals surface area (Å²) in [5.74, 6) is 0. The van der Waals surface area contributed by atoms with Gasteiger partial charge in [0.25, 0.3) is 0 Å². The fourth-order valence-electron chi connectivity index (χ4n) is 1.39. The van der Waals surface area contributed by atoms with E-state index in [9.17, 15) is 14.8 Å². The largest absolute Gasteiger partial charge is 1.00 e. The topological polar surface area (TPSA) is 121 Å². The number of hydrogen-bond donors (Lipinski definition) is 1. The van der Waals surface area contributed by atoms with E-state index in [0.29, 0.717) is 26.0 Å². The summed E-state index contributed by atoms with van der Waals surface area (Å²) in [4.78, 5) is 31.3. The van der Waals surface area contributed by atoms with E-state index < -0.39 is 0 Å². The summed E-state index contributed by atoms with van der Waals surface area (Å²) >= 11 is 0. The van der Waals surface area contributed by atoms with Crippen LogP contribution in [-0.4, -0.2) is 77.5 Å². The molecule has 0 fully saturated rings. The maximum atomic E-state index is 11.4. The summed E-state index contributed by atoms with van der Waals surface area (Å²) in [7, 11) is 0. The van der Waals surface area contributed by atoms with E-state index in [1.54, 1.807) is 13.8 Å². The van der Waals surface area contributed by atoms with Gasteiger partial charge in [0.2, 0.25) is 18.1 Å². The van der Waals surface area contributed by atoms with Gasteiger partial charge in [0, 0.05) is 0 Å². The second-order valence-electron chi connectivity index (χ2n) is 3.62. The van der Waals surface area contributed by atoms with Gasteiger partial charge in [-0.3, -0.25) is 19.3 Å². The third-order valence-electron chi connectivity index (χ3n) is 2.30. The van der Waals surface area contributed by atoms with E-state index in [4.69, 9.17) is 14.9 Å². The zero-order chi connectivity index (χ0) is 16.1. The average molecular weight is 331 g/mol. The molecule has 0 aromatic carbocycles. The Morgan fingerprint density at radius 3 is 1.77 bits per heavy atom. The first kappa shape index (κ1) is 23.1. The van der Waals surface area contributed by atoms with Gasteiger partial charge >= 0.3 is 29.6 Å². The molecule has 22 heavy (non-hydrogen) atoms. The number of amides is 2. The van der Waals surface area contributed by atoms with Crippen LogP contribution in [0.3, 0.4) is 0 Å². The number of carbonyl (C=O) groups excluding carboxylic acids is 2. The van der Waals surface area contributed by atoms with Crippen LogP contribution in [0.5, 0.6) is 0 Å². The molecular weight excluding hydrogens is 309 g/mol. The van der Waals surface area contributed by atoms with Crippen molar-refractivity contribution >= 4 is 12.8 Å². The molecule has 0 aromatic heterocycles. The van der Waals surface area contributed by atoms with Gasteiger partial charge in [0.05, 0.1) is 44.4 Å². The first-order valence-electron chi connectivity index (χ1n) is 6.39. The Bertz CT molecular complexity index is 319. The Morgan fingerprint density at radius 1 is 1.09 bits per heavy atom. The molecule has 1 N–H and O–H groups in total. The van der Waals surface area contributed by atoms with Crippen molar-refractivity contribution in [3.8, 4) is 0 Å². The van der Waals surface area contributed by atoms with Crippen molar-refractivity contribution in [2.45, 2.75) is 13.8 Å². The Kier molecular flexibility index (Phi) is 15.5. The van der Waals surface area contributed by atoms with Crippen molar-refractivity contribution < 1.29 is 60.4 Å². The van der Waals surface area contributed by atoms with E-state index in [2.05, 4.69) is 5.28 Å². The van der Waals surface area contributed by atoms with Gasteiger partial charge in [-0.1, -0.05) is 0 Å². The molecule has 124 valence electrons. The molecule has 0 heterocycles. The van der Waals surface area contributed by atoms with Crippen LogP contribution < -0.4 is 29.6 Å². The summed E-state index contributed by atoms with van der Waals surface area (Å²) in [6.45, 7) is 4.28. The molecule has 0 aliphatic carbocycles. The SMILES string of the molecule is CCON(C=O)CCN(CCN(C=O)OCC)[N+]([O-])=NO.[H-].[Na+]. The van der Waals surface area contributed by atoms with Gasteiger partial charge in [-0.2, -0.15) is 0 Å². The number of nitrogens with zero attached hydrogens (tertiary/aromatic N) is 5. The van der Waals surface area contributed by atoms with Crippen molar-refractivity contribution in [1.29, 1.82) is 0 Å². The summed E-state index contributed by atoms with van der Waals surface area (Å²) in [5.41, 5.74) is 0. The average Bonchev–Trinajstić information content (AvgIpc) is 2.51. The predicted molar refractivity (Wildman–Crippen MR) is 69.3 cm³/mol. The quantitative estimate of drug-likeness (QED) is 0.122. The zero-order valence-corrected chi connectivity index (χ0v) is 15.1. The van der Waals surface area contributed by atoms with Gasteiger partial charge in [0.1, 0.15) is 0 Å². The molecule has 0 rings (SSSR count). The molecular formula is C10H22N5NaO6. The Morgan fingerprint density at radius 2 is 1.50 bits per heavy atom. The minimum Gasteiger partial charge on any atom is -1.00 e. The van der Waals surface area contributed by atoms with Gasteiger partial charge in [-0.05, 0) is 13.8 Å². The minimum atomic E-state index is -0.0378. The third kappa shape index (κ3) is 9.73. The van der Waals surface area contributed by atoms with Crippen LogP contribution in [0.4, 0.5) is 0 Å². The van der Waals surface area contributed by atoms with Gasteiger partial charge in [-0.25, -0.2) is 10.1 Å². The predicted octanol–water partition coefficient (Wildman–Crippen LogP) is -3.51. The molecule has 0 saturated carbocycles. The molecule has 0 aliphatic heterocycles. The van der Waals surface area contributed by atoms with E-state index in [0.717, 1.165) is 15.1 Å². The van der Waals surface area contributed by atoms with E-state index >= 15 is 0 Å². The van der Waals surface area contributed by atoms with Crippen molar-refractivity contribution in [3.05, 3.63) is 5.21 Å². The molecule has 0 spiro atoms. The van der Waals surface area contributed by atoms with Crippen LogP contribution in [-0.2, 0) is 19.3 Å². The summed E-state index contributed by atoms with van der Waals surface area (Å²) in [6.07, 6.45) is 0.954.